The van der Waals surface area contributed by atoms with E-state index in [-0.39, 0.29) is 65.4 Å². The van der Waals surface area contributed by atoms with E-state index in [4.69, 9.17) is 0 Å². The van der Waals surface area contributed by atoms with Crippen LogP contribution in [-0.2, 0) is 21.2 Å². The molecule has 0 saturated carbocycles. The van der Waals surface area contributed by atoms with Gasteiger partial charge in [0, 0.05) is 25.9 Å². The van der Waals surface area contributed by atoms with Crippen LogP contribution in [0.2, 0.25) is 0 Å². The van der Waals surface area contributed by atoms with Crippen molar-refractivity contribution in [2.45, 2.75) is 57.0 Å². The molecule has 1 spiro atoms. The minimum absolute atomic E-state index is 0. The second-order valence-electron chi connectivity index (χ2n) is 11.7. The van der Waals surface area contributed by atoms with E-state index < -0.39 is 9.84 Å². The van der Waals surface area contributed by atoms with Crippen LogP contribution in [-0.4, -0.2) is 72.4 Å². The minimum atomic E-state index is -3.24. The SMILES string of the molecule is Cc1ncnc(C)c1C(=O)N[C@@H](CCN1CCC2(CC1)CCN(Cc1ccc(S(C)(=O)=O)cc1)C2=O)c1ccccc1.Cl.Cl.Cl. The maximum Gasteiger partial charge on any atom is 0.255 e. The molecule has 2 aromatic carbocycles. The summed E-state index contributed by atoms with van der Waals surface area (Å²) in [5.74, 6) is 0.0410. The predicted molar refractivity (Wildman–Crippen MR) is 182 cm³/mol. The standard InChI is InChI=1S/C32H39N5O4S.3ClH/c1-23-29(24(2)34-22-33-23)30(38)35-28(26-7-5-4-6-8-26)13-17-36-18-14-32(15-19-36)16-20-37(31(32)39)21-25-9-11-27(12-10-25)42(3,40)41;;;/h4-12,22,28H,13-21H2,1-3H3,(H,35,38);3*1H/t28-;;;/m0.../s1. The van der Waals surface area contributed by atoms with Crippen molar-refractivity contribution in [2.75, 3.05) is 32.4 Å². The second-order valence-corrected chi connectivity index (χ2v) is 13.7. The first-order chi connectivity index (χ1) is 20.1. The van der Waals surface area contributed by atoms with E-state index in [1.165, 1.54) is 12.6 Å². The topological polar surface area (TPSA) is 113 Å². The molecule has 9 nitrogen and oxygen atoms in total. The third kappa shape index (κ3) is 8.95. The fraction of sp³-hybridized carbons (Fsp3) is 0.438. The lowest BCUT2D eigenvalue weighted by molar-refractivity contribution is -0.138. The number of carbonyl (C=O) groups excluding carboxylic acids is 2. The number of aromatic nitrogens is 2. The van der Waals surface area contributed by atoms with E-state index in [9.17, 15) is 18.0 Å². The van der Waals surface area contributed by atoms with Crippen LogP contribution in [0, 0.1) is 19.3 Å². The van der Waals surface area contributed by atoms with Gasteiger partial charge in [-0.3, -0.25) is 9.59 Å². The van der Waals surface area contributed by atoms with E-state index in [0.29, 0.717) is 23.5 Å². The Labute approximate surface area is 284 Å². The van der Waals surface area contributed by atoms with E-state index in [1.54, 1.807) is 24.3 Å². The van der Waals surface area contributed by atoms with Gasteiger partial charge < -0.3 is 15.1 Å². The maximum atomic E-state index is 13.5. The van der Waals surface area contributed by atoms with Gasteiger partial charge in [0.15, 0.2) is 9.84 Å². The fourth-order valence-electron chi connectivity index (χ4n) is 6.25. The molecule has 0 radical (unpaired) electrons. The summed E-state index contributed by atoms with van der Waals surface area (Å²) in [5, 5.41) is 3.23. The van der Waals surface area contributed by atoms with Crippen LogP contribution in [0.5, 0.6) is 0 Å². The lowest BCUT2D eigenvalue weighted by Gasteiger charge is -2.38. The molecule has 1 N–H and O–H groups in total. The molecule has 5 rings (SSSR count). The number of hydrogen-bond acceptors (Lipinski definition) is 7. The number of carbonyl (C=O) groups is 2. The van der Waals surface area contributed by atoms with Crippen molar-refractivity contribution in [3.05, 3.63) is 89.0 Å². The number of halogens is 3. The monoisotopic (exact) mass is 697 g/mol. The number of nitrogens with zero attached hydrogens (tertiary/aromatic N) is 4. The molecule has 0 aliphatic carbocycles. The van der Waals surface area contributed by atoms with Crippen LogP contribution >= 0.6 is 37.2 Å². The largest absolute Gasteiger partial charge is 0.345 e. The van der Waals surface area contributed by atoms with Crippen molar-refractivity contribution < 1.29 is 18.0 Å². The zero-order valence-corrected chi connectivity index (χ0v) is 29.0. The smallest absolute Gasteiger partial charge is 0.255 e. The van der Waals surface area contributed by atoms with Crippen molar-refractivity contribution >= 4 is 58.9 Å². The Morgan fingerprint density at radius 3 is 2.07 bits per heavy atom. The highest BCUT2D eigenvalue weighted by Gasteiger charge is 2.47. The van der Waals surface area contributed by atoms with E-state index in [2.05, 4.69) is 20.2 Å². The Kier molecular flexibility index (Phi) is 13.8. The number of sulfone groups is 1. The molecule has 3 aromatic rings. The summed E-state index contributed by atoms with van der Waals surface area (Å²) in [6, 6.07) is 16.7. The number of likely N-dealkylation sites (tertiary alicyclic amines) is 2. The van der Waals surface area contributed by atoms with E-state index in [0.717, 1.165) is 63.0 Å². The summed E-state index contributed by atoms with van der Waals surface area (Å²) in [6.45, 7) is 7.35. The normalized spacial score (nSPS) is 16.7. The van der Waals surface area contributed by atoms with Crippen molar-refractivity contribution in [3.8, 4) is 0 Å². The number of hydrogen-bond donors (Lipinski definition) is 1. The zero-order valence-electron chi connectivity index (χ0n) is 25.8. The highest BCUT2D eigenvalue weighted by atomic mass is 35.5. The van der Waals surface area contributed by atoms with Gasteiger partial charge in [-0.25, -0.2) is 18.4 Å². The first-order valence-electron chi connectivity index (χ1n) is 14.5. The third-order valence-corrected chi connectivity index (χ3v) is 9.96. The quantitative estimate of drug-likeness (QED) is 0.330. The van der Waals surface area contributed by atoms with Gasteiger partial charge in [-0.1, -0.05) is 42.5 Å². The number of aryl methyl sites for hydroxylation is 2. The zero-order chi connectivity index (χ0) is 29.9. The van der Waals surface area contributed by atoms with Crippen LogP contribution in [0.15, 0.2) is 65.8 Å². The number of nitrogens with one attached hydrogen (secondary N) is 1. The van der Waals surface area contributed by atoms with Gasteiger partial charge in [0.05, 0.1) is 33.3 Å². The predicted octanol–water partition coefficient (Wildman–Crippen LogP) is 5.14. The number of piperidine rings is 1. The fourth-order valence-corrected chi connectivity index (χ4v) is 6.88. The summed E-state index contributed by atoms with van der Waals surface area (Å²) in [6.07, 6.45) is 5.90. The van der Waals surface area contributed by atoms with E-state index >= 15 is 0 Å². The molecule has 1 atom stereocenters. The van der Waals surface area contributed by atoms with Gasteiger partial charge in [0.1, 0.15) is 6.33 Å². The van der Waals surface area contributed by atoms with Crippen LogP contribution in [0.1, 0.15) is 64.6 Å². The number of rotatable bonds is 9. The van der Waals surface area contributed by atoms with Crippen molar-refractivity contribution in [1.29, 1.82) is 0 Å². The van der Waals surface area contributed by atoms with Crippen molar-refractivity contribution in [3.63, 3.8) is 0 Å². The molecule has 246 valence electrons. The van der Waals surface area contributed by atoms with Gasteiger partial charge in [-0.2, -0.15) is 0 Å². The molecule has 2 saturated heterocycles. The van der Waals surface area contributed by atoms with Crippen LogP contribution in [0.4, 0.5) is 0 Å². The molecular weight excluding hydrogens is 657 g/mol. The summed E-state index contributed by atoms with van der Waals surface area (Å²) >= 11 is 0. The van der Waals surface area contributed by atoms with Crippen LogP contribution in [0.25, 0.3) is 0 Å². The van der Waals surface area contributed by atoms with Crippen molar-refractivity contribution in [2.24, 2.45) is 5.41 Å². The Balaban J connectivity index is 0.00000235. The highest BCUT2D eigenvalue weighted by molar-refractivity contribution is 7.90. The Morgan fingerprint density at radius 2 is 1.49 bits per heavy atom. The number of benzene rings is 2. The molecule has 2 amide bonds. The lowest BCUT2D eigenvalue weighted by atomic mass is 9.77. The molecule has 2 aliphatic rings. The summed E-state index contributed by atoms with van der Waals surface area (Å²) in [7, 11) is -3.24. The van der Waals surface area contributed by atoms with Gasteiger partial charge in [0.25, 0.3) is 5.91 Å². The first-order valence-corrected chi connectivity index (χ1v) is 16.4. The van der Waals surface area contributed by atoms with Gasteiger partial charge in [-0.15, -0.1) is 37.2 Å². The molecular formula is C32H42Cl3N5O4S. The molecule has 1 aromatic heterocycles. The van der Waals surface area contributed by atoms with Gasteiger partial charge >= 0.3 is 0 Å². The summed E-state index contributed by atoms with van der Waals surface area (Å²) in [5.41, 5.74) is 3.51. The van der Waals surface area contributed by atoms with Gasteiger partial charge in [-0.05, 0) is 75.9 Å². The molecule has 2 aliphatic heterocycles. The third-order valence-electron chi connectivity index (χ3n) is 8.83. The Morgan fingerprint density at radius 1 is 0.911 bits per heavy atom. The Hall–Kier alpha value is -2.76. The summed E-state index contributed by atoms with van der Waals surface area (Å²) in [4.78, 5) is 39.8. The first kappa shape index (κ1) is 38.4. The van der Waals surface area contributed by atoms with Gasteiger partial charge in [0.2, 0.25) is 5.91 Å². The molecule has 3 heterocycles. The highest BCUT2D eigenvalue weighted by Crippen LogP contribution is 2.42. The van der Waals surface area contributed by atoms with E-state index in [1.807, 2.05) is 49.1 Å². The molecule has 13 heteroatoms. The molecule has 2 fully saturated rings. The number of amides is 2. The minimum Gasteiger partial charge on any atom is -0.345 e. The average Bonchev–Trinajstić information content (AvgIpc) is 3.26. The lowest BCUT2D eigenvalue weighted by Crippen LogP contribution is -2.45. The molecule has 0 bridgehead atoms. The van der Waals surface area contributed by atoms with Crippen LogP contribution < -0.4 is 5.32 Å². The second kappa shape index (κ2) is 16.2. The molecule has 45 heavy (non-hydrogen) atoms. The maximum absolute atomic E-state index is 13.5. The average molecular weight is 699 g/mol. The Bertz CT molecular complexity index is 1530. The van der Waals surface area contributed by atoms with Crippen molar-refractivity contribution in [1.82, 2.24) is 25.1 Å². The van der Waals surface area contributed by atoms with Crippen LogP contribution in [0.3, 0.4) is 0 Å². The summed E-state index contributed by atoms with van der Waals surface area (Å²) < 4.78 is 23.5. The molecule has 0 unspecified atom stereocenters.